The van der Waals surface area contributed by atoms with Crippen LogP contribution in [0.3, 0.4) is 0 Å². The molecule has 132 valence electrons. The van der Waals surface area contributed by atoms with Crippen molar-refractivity contribution >= 4 is 11.7 Å². The number of pyridine rings is 1. The Bertz CT molecular complexity index is 908. The molecule has 3 aromatic rings. The van der Waals surface area contributed by atoms with Gasteiger partial charge in [0, 0.05) is 19.3 Å². The molecule has 4 rings (SSSR count). The molecule has 1 aliphatic rings. The van der Waals surface area contributed by atoms with E-state index in [2.05, 4.69) is 44.6 Å². The van der Waals surface area contributed by atoms with Gasteiger partial charge in [-0.3, -0.25) is 0 Å². The molecule has 7 heteroatoms. The fourth-order valence-corrected chi connectivity index (χ4v) is 3.37. The molecule has 1 unspecified atom stereocenters. The molecule has 0 bridgehead atoms. The van der Waals surface area contributed by atoms with Crippen LogP contribution in [0.25, 0.3) is 5.82 Å². The molecule has 0 saturated heterocycles. The number of nitrogens with one attached hydrogen (secondary N) is 1. The monoisotopic (exact) mass is 348 g/mol. The zero-order valence-electron chi connectivity index (χ0n) is 14.5. The van der Waals surface area contributed by atoms with Gasteiger partial charge < -0.3 is 10.2 Å². The number of likely N-dealkylation sites (N-methyl/N-ethyl adjacent to an activating group) is 1. The van der Waals surface area contributed by atoms with Crippen molar-refractivity contribution < 1.29 is 4.79 Å². The average molecular weight is 348 g/mol. The van der Waals surface area contributed by atoms with Crippen LogP contribution in [0.1, 0.15) is 17.5 Å². The minimum Gasteiger partial charge on any atom is -0.324 e. The van der Waals surface area contributed by atoms with Crippen molar-refractivity contribution in [1.82, 2.24) is 24.6 Å². The minimum absolute atomic E-state index is 0.149. The highest BCUT2D eigenvalue weighted by Gasteiger charge is 2.25. The molecule has 1 aliphatic carbocycles. The lowest BCUT2D eigenvalue weighted by atomic mass is 9.88. The number of aromatic nitrogens is 4. The second-order valence-corrected chi connectivity index (χ2v) is 6.42. The molecule has 0 spiro atoms. The van der Waals surface area contributed by atoms with Crippen LogP contribution in [0.5, 0.6) is 0 Å². The van der Waals surface area contributed by atoms with Gasteiger partial charge >= 0.3 is 6.03 Å². The number of hydrogen-bond acceptors (Lipinski definition) is 4. The molecule has 0 fully saturated rings. The predicted octanol–water partition coefficient (Wildman–Crippen LogP) is 2.68. The van der Waals surface area contributed by atoms with Gasteiger partial charge in [-0.25, -0.2) is 19.4 Å². The maximum absolute atomic E-state index is 12.8. The fraction of sp³-hybridized carbons (Fsp3) is 0.263. The van der Waals surface area contributed by atoms with Crippen LogP contribution in [-0.2, 0) is 12.8 Å². The summed E-state index contributed by atoms with van der Waals surface area (Å²) in [5, 5.41) is 7.05. The minimum atomic E-state index is -0.149. The number of hydrogen-bond donors (Lipinski definition) is 1. The van der Waals surface area contributed by atoms with Crippen molar-refractivity contribution in [2.24, 2.45) is 0 Å². The van der Waals surface area contributed by atoms with Crippen LogP contribution in [0.4, 0.5) is 10.5 Å². The number of urea groups is 1. The van der Waals surface area contributed by atoms with E-state index in [-0.39, 0.29) is 12.1 Å². The zero-order chi connectivity index (χ0) is 17.9. The Hall–Kier alpha value is -3.22. The van der Waals surface area contributed by atoms with E-state index in [1.807, 2.05) is 13.1 Å². The second-order valence-electron chi connectivity index (χ2n) is 6.42. The van der Waals surface area contributed by atoms with Crippen LogP contribution >= 0.6 is 0 Å². The molecule has 0 aliphatic heterocycles. The number of aryl methyl sites for hydroxylation is 1. The van der Waals surface area contributed by atoms with Crippen molar-refractivity contribution in [3.05, 3.63) is 66.4 Å². The number of rotatable bonds is 3. The number of nitrogens with zero attached hydrogens (tertiary/aromatic N) is 5. The third kappa shape index (κ3) is 3.15. The average Bonchev–Trinajstić information content (AvgIpc) is 3.22. The van der Waals surface area contributed by atoms with Crippen LogP contribution in [0, 0.1) is 0 Å². The van der Waals surface area contributed by atoms with E-state index in [0.717, 1.165) is 19.3 Å². The second kappa shape index (κ2) is 6.95. The summed E-state index contributed by atoms with van der Waals surface area (Å²) in [5.41, 5.74) is 3.32. The highest BCUT2D eigenvalue weighted by Crippen LogP contribution is 2.24. The Morgan fingerprint density at radius 3 is 2.88 bits per heavy atom. The summed E-state index contributed by atoms with van der Waals surface area (Å²) in [4.78, 5) is 22.8. The van der Waals surface area contributed by atoms with E-state index in [0.29, 0.717) is 11.5 Å². The summed E-state index contributed by atoms with van der Waals surface area (Å²) < 4.78 is 1.53. The molecule has 0 saturated carbocycles. The maximum atomic E-state index is 12.8. The standard InChI is InChI=1S/C19H20N6O/c1-24(16-9-8-14-5-2-3-6-15(14)11-16)19(26)23-17-7-4-10-21-18(17)25-13-20-12-22-25/h2-7,10,12-13,16H,8-9,11H2,1H3,(H,23,26). The van der Waals surface area contributed by atoms with Gasteiger partial charge in [0.05, 0.1) is 5.69 Å². The van der Waals surface area contributed by atoms with Gasteiger partial charge in [-0.15, -0.1) is 0 Å². The van der Waals surface area contributed by atoms with E-state index in [9.17, 15) is 4.79 Å². The largest absolute Gasteiger partial charge is 0.324 e. The first-order valence-electron chi connectivity index (χ1n) is 8.63. The first kappa shape index (κ1) is 16.3. The van der Waals surface area contributed by atoms with Gasteiger partial charge in [-0.1, -0.05) is 24.3 Å². The number of carbonyl (C=O) groups is 1. The molecule has 7 nitrogen and oxygen atoms in total. The van der Waals surface area contributed by atoms with Gasteiger partial charge in [0.1, 0.15) is 12.7 Å². The van der Waals surface area contributed by atoms with Crippen molar-refractivity contribution in [3.63, 3.8) is 0 Å². The Kier molecular flexibility index (Phi) is 4.35. The Morgan fingerprint density at radius 2 is 2.08 bits per heavy atom. The number of amides is 2. The summed E-state index contributed by atoms with van der Waals surface area (Å²) in [5.74, 6) is 0.542. The number of fused-ring (bicyclic) bond motifs is 1. The molecule has 2 aromatic heterocycles. The maximum Gasteiger partial charge on any atom is 0.321 e. The third-order valence-corrected chi connectivity index (χ3v) is 4.85. The molecular formula is C19H20N6O. The summed E-state index contributed by atoms with van der Waals surface area (Å²) >= 11 is 0. The summed E-state index contributed by atoms with van der Waals surface area (Å²) in [6, 6.07) is 12.1. The smallest absolute Gasteiger partial charge is 0.321 e. The lowest BCUT2D eigenvalue weighted by Crippen LogP contribution is -2.43. The third-order valence-electron chi connectivity index (χ3n) is 4.85. The first-order chi connectivity index (χ1) is 12.7. The SMILES string of the molecule is CN(C(=O)Nc1cccnc1-n1cncn1)C1CCc2ccccc2C1. The normalized spacial score (nSPS) is 16.0. The summed E-state index contributed by atoms with van der Waals surface area (Å²) in [6.07, 6.45) is 7.49. The predicted molar refractivity (Wildman–Crippen MR) is 98.2 cm³/mol. The zero-order valence-corrected chi connectivity index (χ0v) is 14.5. The van der Waals surface area contributed by atoms with Crippen LogP contribution in [-0.4, -0.2) is 43.8 Å². The van der Waals surface area contributed by atoms with E-state index < -0.39 is 0 Å². The van der Waals surface area contributed by atoms with Crippen LogP contribution in [0.15, 0.2) is 55.2 Å². The Labute approximate surface area is 151 Å². The van der Waals surface area contributed by atoms with Crippen molar-refractivity contribution in [2.75, 3.05) is 12.4 Å². The summed E-state index contributed by atoms with van der Waals surface area (Å²) in [6.45, 7) is 0. The molecule has 1 N–H and O–H groups in total. The van der Waals surface area contributed by atoms with Gasteiger partial charge in [0.15, 0.2) is 5.82 Å². The topological polar surface area (TPSA) is 75.9 Å². The van der Waals surface area contributed by atoms with Gasteiger partial charge in [-0.05, 0) is 42.5 Å². The van der Waals surface area contributed by atoms with Gasteiger partial charge in [-0.2, -0.15) is 5.10 Å². The molecule has 26 heavy (non-hydrogen) atoms. The number of benzene rings is 1. The van der Waals surface area contributed by atoms with Crippen molar-refractivity contribution in [3.8, 4) is 5.82 Å². The number of carbonyl (C=O) groups excluding carboxylic acids is 1. The van der Waals surface area contributed by atoms with Crippen molar-refractivity contribution in [1.29, 1.82) is 0 Å². The molecular weight excluding hydrogens is 328 g/mol. The van der Waals surface area contributed by atoms with Gasteiger partial charge in [0.2, 0.25) is 0 Å². The molecule has 2 heterocycles. The molecule has 0 radical (unpaired) electrons. The van der Waals surface area contributed by atoms with E-state index in [4.69, 9.17) is 0 Å². The molecule has 1 atom stereocenters. The van der Waals surface area contributed by atoms with E-state index >= 15 is 0 Å². The van der Waals surface area contributed by atoms with Crippen molar-refractivity contribution in [2.45, 2.75) is 25.3 Å². The summed E-state index contributed by atoms with van der Waals surface area (Å²) in [7, 11) is 1.85. The van der Waals surface area contributed by atoms with Crippen LogP contribution < -0.4 is 5.32 Å². The first-order valence-corrected chi connectivity index (χ1v) is 8.63. The highest BCUT2D eigenvalue weighted by molar-refractivity contribution is 5.91. The van der Waals surface area contributed by atoms with E-state index in [1.165, 1.54) is 22.1 Å². The van der Waals surface area contributed by atoms with E-state index in [1.54, 1.807) is 23.5 Å². The molecule has 1 aromatic carbocycles. The lowest BCUT2D eigenvalue weighted by Gasteiger charge is -2.32. The Morgan fingerprint density at radius 1 is 1.23 bits per heavy atom. The quantitative estimate of drug-likeness (QED) is 0.789. The van der Waals surface area contributed by atoms with Gasteiger partial charge in [0.25, 0.3) is 0 Å². The lowest BCUT2D eigenvalue weighted by molar-refractivity contribution is 0.198. The fourth-order valence-electron chi connectivity index (χ4n) is 3.37. The van der Waals surface area contributed by atoms with Crippen LogP contribution in [0.2, 0.25) is 0 Å². The highest BCUT2D eigenvalue weighted by atomic mass is 16.2. The molecule has 2 amide bonds. The Balaban J connectivity index is 1.49. The number of anilines is 1.